The summed E-state index contributed by atoms with van der Waals surface area (Å²) in [5.41, 5.74) is 11.4. The normalized spacial score (nSPS) is 11.8. The third kappa shape index (κ3) is 4.51. The highest BCUT2D eigenvalue weighted by molar-refractivity contribution is 7.26. The zero-order valence-corrected chi connectivity index (χ0v) is 28.7. The van der Waals surface area contributed by atoms with E-state index in [9.17, 15) is 0 Å². The maximum absolute atomic E-state index is 6.40. The smallest absolute Gasteiger partial charge is 0.143 e. The fraction of sp³-hybridized carbons (Fsp3) is 0. The molecule has 0 radical (unpaired) electrons. The minimum Gasteiger partial charge on any atom is -0.456 e. The lowest BCUT2D eigenvalue weighted by molar-refractivity contribution is 0.669. The molecule has 0 spiro atoms. The molecular weight excluding hydrogens is 655 g/mol. The summed E-state index contributed by atoms with van der Waals surface area (Å²) in [5.74, 6) is 0. The summed E-state index contributed by atoms with van der Waals surface area (Å²) in [4.78, 5) is 2.38. The minimum atomic E-state index is 0.902. The van der Waals surface area contributed by atoms with E-state index in [1.54, 1.807) is 0 Å². The number of hydrogen-bond acceptors (Lipinski definition) is 4. The third-order valence-electron chi connectivity index (χ3n) is 10.3. The van der Waals surface area contributed by atoms with Gasteiger partial charge in [0.2, 0.25) is 0 Å². The van der Waals surface area contributed by atoms with Gasteiger partial charge in [0.05, 0.1) is 10.4 Å². The van der Waals surface area contributed by atoms with Crippen molar-refractivity contribution in [1.82, 2.24) is 0 Å². The molecule has 0 fully saturated rings. The zero-order chi connectivity index (χ0) is 34.2. The number of para-hydroxylation sites is 3. The van der Waals surface area contributed by atoms with Crippen LogP contribution in [0.4, 0.5) is 17.1 Å². The van der Waals surface area contributed by atoms with Crippen molar-refractivity contribution in [2.45, 2.75) is 0 Å². The van der Waals surface area contributed by atoms with E-state index in [1.165, 1.54) is 20.2 Å². The van der Waals surface area contributed by atoms with Crippen LogP contribution in [0.5, 0.6) is 0 Å². The number of furan rings is 2. The van der Waals surface area contributed by atoms with Crippen LogP contribution < -0.4 is 4.90 Å². The molecule has 4 heteroatoms. The molecule has 8 aromatic carbocycles. The van der Waals surface area contributed by atoms with Crippen LogP contribution >= 0.6 is 11.3 Å². The molecule has 244 valence electrons. The van der Waals surface area contributed by atoms with Crippen molar-refractivity contribution in [3.05, 3.63) is 176 Å². The monoisotopic (exact) mass is 683 g/mol. The maximum atomic E-state index is 6.40. The molecule has 3 aromatic heterocycles. The fourth-order valence-electron chi connectivity index (χ4n) is 7.81. The van der Waals surface area contributed by atoms with Crippen LogP contribution in [0.25, 0.3) is 86.3 Å². The van der Waals surface area contributed by atoms with Gasteiger partial charge in [-0.15, -0.1) is 11.3 Å². The Kier molecular flexibility index (Phi) is 6.42. The molecule has 0 unspecified atom stereocenters. The van der Waals surface area contributed by atoms with Gasteiger partial charge in [0.25, 0.3) is 0 Å². The summed E-state index contributed by atoms with van der Waals surface area (Å²) in [7, 11) is 0. The van der Waals surface area contributed by atoms with Crippen molar-refractivity contribution < 1.29 is 8.83 Å². The molecule has 0 amide bonds. The van der Waals surface area contributed by atoms with Crippen molar-refractivity contribution in [3.63, 3.8) is 0 Å². The number of rotatable bonds is 5. The van der Waals surface area contributed by atoms with Crippen LogP contribution in [-0.4, -0.2) is 0 Å². The predicted octanol–water partition coefficient (Wildman–Crippen LogP) is 14.7. The Morgan fingerprint density at radius 3 is 1.75 bits per heavy atom. The largest absolute Gasteiger partial charge is 0.456 e. The second kappa shape index (κ2) is 11.5. The fourth-order valence-corrected chi connectivity index (χ4v) is 9.01. The number of nitrogens with zero attached hydrogens (tertiary/aromatic N) is 1. The summed E-state index contributed by atoms with van der Waals surface area (Å²) >= 11 is 1.85. The first-order chi connectivity index (χ1) is 25.8. The molecule has 0 saturated heterocycles. The Morgan fingerprint density at radius 2 is 0.962 bits per heavy atom. The van der Waals surface area contributed by atoms with Crippen LogP contribution in [0.15, 0.2) is 185 Å². The van der Waals surface area contributed by atoms with Crippen molar-refractivity contribution in [2.75, 3.05) is 4.90 Å². The van der Waals surface area contributed by atoms with Crippen LogP contribution in [0.1, 0.15) is 0 Å². The predicted molar refractivity (Wildman–Crippen MR) is 219 cm³/mol. The second-order valence-corrected chi connectivity index (χ2v) is 14.3. The van der Waals surface area contributed by atoms with Crippen LogP contribution in [0.3, 0.4) is 0 Å². The van der Waals surface area contributed by atoms with Crippen molar-refractivity contribution in [3.8, 4) is 22.3 Å². The number of anilines is 3. The molecule has 0 aliphatic carbocycles. The van der Waals surface area contributed by atoms with Gasteiger partial charge in [0.15, 0.2) is 0 Å². The molecule has 0 N–H and O–H groups in total. The molecule has 0 saturated carbocycles. The van der Waals surface area contributed by atoms with E-state index in [1.807, 2.05) is 35.6 Å². The summed E-state index contributed by atoms with van der Waals surface area (Å²) in [5, 5.41) is 7.11. The highest BCUT2D eigenvalue weighted by Crippen LogP contribution is 2.46. The Bertz CT molecular complexity index is 3130. The first-order valence-corrected chi connectivity index (χ1v) is 18.3. The third-order valence-corrected chi connectivity index (χ3v) is 11.5. The molecule has 11 aromatic rings. The van der Waals surface area contributed by atoms with Gasteiger partial charge in [-0.05, 0) is 77.4 Å². The summed E-state index contributed by atoms with van der Waals surface area (Å²) < 4.78 is 15.2. The number of fused-ring (bicyclic) bond motifs is 9. The topological polar surface area (TPSA) is 29.5 Å². The van der Waals surface area contributed by atoms with E-state index in [2.05, 4.69) is 157 Å². The van der Waals surface area contributed by atoms with E-state index in [0.717, 1.165) is 83.2 Å². The number of thiophene rings is 1. The first-order valence-electron chi connectivity index (χ1n) is 17.5. The standard InChI is InChI=1S/C48H29NO2S/c1-4-16-43-36(9-1)38-28-23-32(29-45(38)50-43)30-19-24-33(25-20-30)49(42-15-8-14-41-39-11-3-6-18-46(39)52-48(41)42)34-26-21-31(22-27-34)35-12-7-13-40-37-10-2-5-17-44(37)51-47(35)40/h1-29H. The van der Waals surface area contributed by atoms with Gasteiger partial charge in [0, 0.05) is 54.0 Å². The Morgan fingerprint density at radius 1 is 0.385 bits per heavy atom. The minimum absolute atomic E-state index is 0.902. The molecular formula is C48H29NO2S. The van der Waals surface area contributed by atoms with E-state index in [-0.39, 0.29) is 0 Å². The molecule has 0 bridgehead atoms. The van der Waals surface area contributed by atoms with Crippen molar-refractivity contribution in [1.29, 1.82) is 0 Å². The summed E-state index contributed by atoms with van der Waals surface area (Å²) in [6.07, 6.45) is 0. The Hall–Kier alpha value is -6.62. The van der Waals surface area contributed by atoms with E-state index < -0.39 is 0 Å². The molecule has 3 nitrogen and oxygen atoms in total. The van der Waals surface area contributed by atoms with Gasteiger partial charge in [-0.2, -0.15) is 0 Å². The SMILES string of the molecule is c1ccc2c(c1)oc1cc(-c3ccc(N(c4ccc(-c5cccc6c5oc5ccccc56)cc4)c4cccc5c4sc4ccccc45)cc3)ccc12. The highest BCUT2D eigenvalue weighted by atomic mass is 32.1. The van der Waals surface area contributed by atoms with E-state index in [4.69, 9.17) is 8.83 Å². The van der Waals surface area contributed by atoms with Crippen molar-refractivity contribution in [2.24, 2.45) is 0 Å². The van der Waals surface area contributed by atoms with Gasteiger partial charge in [0.1, 0.15) is 22.3 Å². The lowest BCUT2D eigenvalue weighted by Crippen LogP contribution is -2.10. The Balaban J connectivity index is 1.04. The van der Waals surface area contributed by atoms with Gasteiger partial charge in [-0.3, -0.25) is 0 Å². The Labute approximate surface area is 303 Å². The summed E-state index contributed by atoms with van der Waals surface area (Å²) in [6.45, 7) is 0. The van der Waals surface area contributed by atoms with Gasteiger partial charge in [-0.25, -0.2) is 0 Å². The van der Waals surface area contributed by atoms with Gasteiger partial charge in [-0.1, -0.05) is 115 Å². The number of hydrogen-bond donors (Lipinski definition) is 0. The molecule has 52 heavy (non-hydrogen) atoms. The lowest BCUT2D eigenvalue weighted by atomic mass is 10.0. The van der Waals surface area contributed by atoms with Crippen LogP contribution in [-0.2, 0) is 0 Å². The van der Waals surface area contributed by atoms with Gasteiger partial charge >= 0.3 is 0 Å². The van der Waals surface area contributed by atoms with E-state index >= 15 is 0 Å². The average molecular weight is 684 g/mol. The maximum Gasteiger partial charge on any atom is 0.143 e. The summed E-state index contributed by atoms with van der Waals surface area (Å²) in [6, 6.07) is 62.5. The zero-order valence-electron chi connectivity index (χ0n) is 27.9. The quantitative estimate of drug-likeness (QED) is 0.181. The van der Waals surface area contributed by atoms with Gasteiger partial charge < -0.3 is 13.7 Å². The van der Waals surface area contributed by atoms with Crippen LogP contribution in [0.2, 0.25) is 0 Å². The molecule has 0 aliphatic rings. The second-order valence-electron chi connectivity index (χ2n) is 13.3. The number of benzene rings is 8. The molecule has 0 atom stereocenters. The molecule has 11 rings (SSSR count). The average Bonchev–Trinajstić information content (AvgIpc) is 3.90. The lowest BCUT2D eigenvalue weighted by Gasteiger charge is -2.26. The molecule has 3 heterocycles. The van der Waals surface area contributed by atoms with Crippen LogP contribution in [0, 0.1) is 0 Å². The highest BCUT2D eigenvalue weighted by Gasteiger charge is 2.19. The first kappa shape index (κ1) is 29.1. The van der Waals surface area contributed by atoms with Crippen molar-refractivity contribution >= 4 is 92.4 Å². The van der Waals surface area contributed by atoms with E-state index in [0.29, 0.717) is 0 Å². The molecule has 0 aliphatic heterocycles.